The number of benzene rings is 2. The number of phenolic OH excluding ortho intramolecular Hbond substituents is 2. The molecule has 11 heteroatoms. The molecule has 0 spiro atoms. The molecule has 10 N–H and O–H groups in total. The number of amides is 1. The van der Waals surface area contributed by atoms with Crippen molar-refractivity contribution in [2.75, 3.05) is 6.54 Å². The summed E-state index contributed by atoms with van der Waals surface area (Å²) in [6, 6.07) is 3.56. The van der Waals surface area contributed by atoms with Crippen molar-refractivity contribution in [3.05, 3.63) is 59.6 Å². The zero-order chi connectivity index (χ0) is 25.9. The van der Waals surface area contributed by atoms with E-state index in [4.69, 9.17) is 11.5 Å². The van der Waals surface area contributed by atoms with Gasteiger partial charge in [-0.1, -0.05) is 12.6 Å². The SMILES string of the molecule is C=C1NC(C(=O)O)Cc2cc(cc(F)c2O)-c2ccc(O)c(c2)CC(N)C(=O)N[C@H]1C[C@@H](O)CN. The fourth-order valence-electron chi connectivity index (χ4n) is 3.92. The summed E-state index contributed by atoms with van der Waals surface area (Å²) in [4.78, 5) is 24.8. The smallest absolute Gasteiger partial charge is 0.326 e. The minimum absolute atomic E-state index is 0.0245. The number of phenols is 2. The molecule has 4 atom stereocenters. The first kappa shape index (κ1) is 25.9. The molecule has 1 amide bonds. The number of nitrogens with one attached hydrogen (secondary N) is 2. The van der Waals surface area contributed by atoms with Crippen LogP contribution >= 0.6 is 0 Å². The van der Waals surface area contributed by atoms with Gasteiger partial charge in [0, 0.05) is 37.1 Å². The zero-order valence-corrected chi connectivity index (χ0v) is 18.9. The Bertz CT molecular complexity index is 1140. The van der Waals surface area contributed by atoms with Crippen LogP contribution in [0.2, 0.25) is 0 Å². The summed E-state index contributed by atoms with van der Waals surface area (Å²) >= 11 is 0. The van der Waals surface area contributed by atoms with E-state index in [1.54, 1.807) is 6.07 Å². The molecular formula is C24H29FN4O6. The van der Waals surface area contributed by atoms with Gasteiger partial charge in [-0.15, -0.1) is 0 Å². The van der Waals surface area contributed by atoms with E-state index in [0.29, 0.717) is 16.7 Å². The number of hydrogen-bond acceptors (Lipinski definition) is 8. The van der Waals surface area contributed by atoms with Gasteiger partial charge in [0.05, 0.1) is 18.2 Å². The number of carboxylic acid groups (broad SMARTS) is 1. The number of fused-ring (bicyclic) bond motifs is 5. The Kier molecular flexibility index (Phi) is 7.95. The molecule has 1 aliphatic heterocycles. The first-order valence-corrected chi connectivity index (χ1v) is 11.0. The molecule has 1 heterocycles. The molecule has 3 rings (SSSR count). The first-order valence-electron chi connectivity index (χ1n) is 11.0. The lowest BCUT2D eigenvalue weighted by atomic mass is 9.95. The van der Waals surface area contributed by atoms with Crippen molar-refractivity contribution in [3.63, 3.8) is 0 Å². The third-order valence-corrected chi connectivity index (χ3v) is 5.93. The maximum absolute atomic E-state index is 14.6. The Morgan fingerprint density at radius 3 is 2.49 bits per heavy atom. The minimum Gasteiger partial charge on any atom is -0.508 e. The molecule has 2 aromatic rings. The number of hydrogen-bond donors (Lipinski definition) is 8. The first-order chi connectivity index (χ1) is 16.5. The normalized spacial score (nSPS) is 21.8. The monoisotopic (exact) mass is 488 g/mol. The maximum atomic E-state index is 14.6. The van der Waals surface area contributed by atoms with Crippen LogP contribution in [0.4, 0.5) is 4.39 Å². The molecular weight excluding hydrogens is 459 g/mol. The molecule has 0 saturated heterocycles. The van der Waals surface area contributed by atoms with E-state index < -0.39 is 47.7 Å². The van der Waals surface area contributed by atoms with Gasteiger partial charge in [-0.2, -0.15) is 0 Å². The Morgan fingerprint density at radius 1 is 1.14 bits per heavy atom. The van der Waals surface area contributed by atoms with Crippen LogP contribution in [0.3, 0.4) is 0 Å². The molecule has 0 aliphatic carbocycles. The van der Waals surface area contributed by atoms with E-state index in [2.05, 4.69) is 17.2 Å². The van der Waals surface area contributed by atoms with Crippen LogP contribution in [0.1, 0.15) is 17.5 Å². The lowest BCUT2D eigenvalue weighted by Crippen LogP contribution is -2.51. The van der Waals surface area contributed by atoms with E-state index in [9.17, 15) is 34.4 Å². The molecule has 0 fully saturated rings. The van der Waals surface area contributed by atoms with Gasteiger partial charge >= 0.3 is 5.97 Å². The quantitative estimate of drug-likeness (QED) is 0.294. The Hall–Kier alpha value is -3.67. The summed E-state index contributed by atoms with van der Waals surface area (Å²) < 4.78 is 14.6. The van der Waals surface area contributed by atoms with Gasteiger partial charge in [-0.25, -0.2) is 9.18 Å². The molecule has 1 aliphatic rings. The summed E-state index contributed by atoms with van der Waals surface area (Å²) in [7, 11) is 0. The highest BCUT2D eigenvalue weighted by molar-refractivity contribution is 5.83. The number of aliphatic carboxylic acids is 1. The van der Waals surface area contributed by atoms with Crippen LogP contribution in [0.5, 0.6) is 11.5 Å². The van der Waals surface area contributed by atoms with Gasteiger partial charge in [0.2, 0.25) is 5.91 Å². The molecule has 188 valence electrons. The zero-order valence-electron chi connectivity index (χ0n) is 18.9. The number of halogens is 1. The van der Waals surface area contributed by atoms with Gasteiger partial charge in [0.15, 0.2) is 11.6 Å². The van der Waals surface area contributed by atoms with Crippen molar-refractivity contribution >= 4 is 11.9 Å². The van der Waals surface area contributed by atoms with E-state index in [0.717, 1.165) is 6.07 Å². The van der Waals surface area contributed by atoms with E-state index in [1.165, 1.54) is 18.2 Å². The average molecular weight is 489 g/mol. The third kappa shape index (κ3) is 6.07. The summed E-state index contributed by atoms with van der Waals surface area (Å²) in [5, 5.41) is 45.7. The average Bonchev–Trinajstić information content (AvgIpc) is 2.81. The number of carbonyl (C=O) groups excluding carboxylic acids is 1. The van der Waals surface area contributed by atoms with Crippen molar-refractivity contribution < 1.29 is 34.4 Å². The van der Waals surface area contributed by atoms with E-state index in [1.807, 2.05) is 0 Å². The molecule has 35 heavy (non-hydrogen) atoms. The summed E-state index contributed by atoms with van der Waals surface area (Å²) in [5.74, 6) is -3.70. The molecule has 0 saturated carbocycles. The topological polar surface area (TPSA) is 191 Å². The van der Waals surface area contributed by atoms with Gasteiger partial charge < -0.3 is 42.5 Å². The Morgan fingerprint density at radius 2 is 1.83 bits per heavy atom. The van der Waals surface area contributed by atoms with Gasteiger partial charge in [0.25, 0.3) is 0 Å². The number of nitrogens with two attached hydrogens (primary N) is 2. The van der Waals surface area contributed by atoms with E-state index >= 15 is 0 Å². The molecule has 4 bridgehead atoms. The highest BCUT2D eigenvalue weighted by Gasteiger charge is 2.28. The van der Waals surface area contributed by atoms with Crippen LogP contribution in [-0.4, -0.2) is 63.1 Å². The molecule has 10 nitrogen and oxygen atoms in total. The number of aliphatic hydroxyl groups excluding tert-OH is 1. The molecule has 0 radical (unpaired) electrons. The predicted octanol–water partition coefficient (Wildman–Crippen LogP) is 0.0808. The van der Waals surface area contributed by atoms with Crippen LogP contribution in [-0.2, 0) is 22.4 Å². The lowest BCUT2D eigenvalue weighted by Gasteiger charge is -2.28. The second kappa shape index (κ2) is 10.7. The standard InChI is InChI=1S/C24H29FN4O6/c1-11-19(9-16(30)10-26)29-23(33)18(27)7-14-4-12(2-3-21(14)31)13-5-15(22(32)17(25)6-13)8-20(28-11)24(34)35/h2-6,16,18-20,28,30-32H,1,7-10,26-27H2,(H,29,33)(H,34,35)/t16-,18?,19+,20?/m1/s1. The number of rotatable bonds is 4. The number of aliphatic hydroxyl groups is 1. The largest absolute Gasteiger partial charge is 0.508 e. The van der Waals surface area contributed by atoms with Crippen molar-refractivity contribution in [1.82, 2.24) is 10.6 Å². The van der Waals surface area contributed by atoms with Crippen LogP contribution < -0.4 is 22.1 Å². The van der Waals surface area contributed by atoms with Crippen molar-refractivity contribution in [2.24, 2.45) is 11.5 Å². The van der Waals surface area contributed by atoms with Gasteiger partial charge in [-0.3, -0.25) is 4.79 Å². The number of carbonyl (C=O) groups is 2. The van der Waals surface area contributed by atoms with Crippen molar-refractivity contribution in [2.45, 2.75) is 43.5 Å². The highest BCUT2D eigenvalue weighted by Crippen LogP contribution is 2.33. The van der Waals surface area contributed by atoms with Crippen molar-refractivity contribution in [1.29, 1.82) is 0 Å². The molecule has 2 unspecified atom stereocenters. The Balaban J connectivity index is 2.13. The predicted molar refractivity (Wildman–Crippen MR) is 126 cm³/mol. The lowest BCUT2D eigenvalue weighted by molar-refractivity contribution is -0.139. The third-order valence-electron chi connectivity index (χ3n) is 5.93. The molecule has 2 aromatic carbocycles. The highest BCUT2D eigenvalue weighted by atomic mass is 19.1. The second-order valence-corrected chi connectivity index (χ2v) is 8.57. The second-order valence-electron chi connectivity index (χ2n) is 8.57. The van der Waals surface area contributed by atoms with Crippen LogP contribution in [0.25, 0.3) is 11.1 Å². The minimum atomic E-state index is -1.35. The Labute approximate surface area is 201 Å². The number of carboxylic acids is 1. The molecule has 0 aromatic heterocycles. The fraction of sp³-hybridized carbons (Fsp3) is 0.333. The van der Waals surface area contributed by atoms with E-state index in [-0.39, 0.29) is 42.8 Å². The summed E-state index contributed by atoms with van der Waals surface area (Å²) in [5.41, 5.74) is 12.8. The maximum Gasteiger partial charge on any atom is 0.326 e. The van der Waals surface area contributed by atoms with Gasteiger partial charge in [0.1, 0.15) is 11.8 Å². The summed E-state index contributed by atoms with van der Waals surface area (Å²) in [6.45, 7) is 3.70. The fourth-order valence-corrected chi connectivity index (χ4v) is 3.92. The van der Waals surface area contributed by atoms with Crippen LogP contribution in [0, 0.1) is 5.82 Å². The summed E-state index contributed by atoms with van der Waals surface area (Å²) in [6.07, 6.45) is -1.50. The van der Waals surface area contributed by atoms with Gasteiger partial charge in [-0.05, 0) is 41.0 Å². The number of aromatic hydroxyl groups is 2. The van der Waals surface area contributed by atoms with Crippen LogP contribution in [0.15, 0.2) is 42.6 Å². The van der Waals surface area contributed by atoms with Crippen molar-refractivity contribution in [3.8, 4) is 22.6 Å².